The normalized spacial score (nSPS) is 13.8. The summed E-state index contributed by atoms with van der Waals surface area (Å²) in [7, 11) is 5.47. The van der Waals surface area contributed by atoms with Crippen LogP contribution in [0.3, 0.4) is 0 Å². The smallest absolute Gasteiger partial charge is 0.329 e. The first-order valence-corrected chi connectivity index (χ1v) is 11.4. The number of hydrogen-bond acceptors (Lipinski definition) is 9. The minimum absolute atomic E-state index is 0.105. The number of anilines is 3. The first-order valence-electron chi connectivity index (χ1n) is 11.0. The summed E-state index contributed by atoms with van der Waals surface area (Å²) < 4.78 is 0. The summed E-state index contributed by atoms with van der Waals surface area (Å²) in [5.74, 6) is 0.774. The highest BCUT2D eigenvalue weighted by atomic mass is 35.5. The predicted molar refractivity (Wildman–Crippen MR) is 135 cm³/mol. The highest BCUT2D eigenvalue weighted by Gasteiger charge is 2.26. The van der Waals surface area contributed by atoms with E-state index in [2.05, 4.69) is 15.3 Å². The number of amides is 1. The van der Waals surface area contributed by atoms with Gasteiger partial charge in [-0.1, -0.05) is 18.5 Å². The third-order valence-corrected chi connectivity index (χ3v) is 5.58. The number of nitrogens with one attached hydrogen (secondary N) is 1. The average molecular weight is 493 g/mol. The molecule has 1 aromatic carbocycles. The molecule has 0 aliphatic carbocycles. The molecule has 12 heteroatoms. The molecule has 1 amide bonds. The number of aromatic nitrogens is 2. The number of likely N-dealkylation sites (N-methyl/N-ethyl adjacent to an activating group) is 2. The predicted octanol–water partition coefficient (Wildman–Crippen LogP) is 2.74. The second-order valence-corrected chi connectivity index (χ2v) is 8.67. The van der Waals surface area contributed by atoms with Crippen LogP contribution in [0.25, 0.3) is 0 Å². The van der Waals surface area contributed by atoms with Crippen molar-refractivity contribution in [2.45, 2.75) is 25.8 Å². The van der Waals surface area contributed by atoms with Gasteiger partial charge in [0.05, 0.1) is 11.5 Å². The van der Waals surface area contributed by atoms with Crippen molar-refractivity contribution >= 4 is 40.6 Å². The van der Waals surface area contributed by atoms with Crippen LogP contribution in [0.2, 0.25) is 5.02 Å². The van der Waals surface area contributed by atoms with Gasteiger partial charge in [-0.25, -0.2) is 4.98 Å². The average Bonchev–Trinajstić information content (AvgIpc) is 2.81. The van der Waals surface area contributed by atoms with Crippen LogP contribution >= 0.6 is 11.6 Å². The lowest BCUT2D eigenvalue weighted by molar-refractivity contribution is -0.384. The number of hydrogen-bond donors (Lipinski definition) is 2. The summed E-state index contributed by atoms with van der Waals surface area (Å²) in [4.78, 5) is 35.7. The molecule has 1 aliphatic rings. The summed E-state index contributed by atoms with van der Waals surface area (Å²) >= 11 is 5.86. The van der Waals surface area contributed by atoms with Crippen molar-refractivity contribution < 1.29 is 9.72 Å². The molecule has 0 unspecified atom stereocenters. The van der Waals surface area contributed by atoms with E-state index in [0.29, 0.717) is 36.4 Å². The van der Waals surface area contributed by atoms with Gasteiger partial charge in [0.1, 0.15) is 6.20 Å². The van der Waals surface area contributed by atoms with Gasteiger partial charge in [0.15, 0.2) is 0 Å². The molecule has 0 radical (unpaired) electrons. The third-order valence-electron chi connectivity index (χ3n) is 5.33. The number of nitrogens with two attached hydrogens (primary N) is 1. The van der Waals surface area contributed by atoms with Crippen LogP contribution in [0, 0.1) is 10.1 Å². The monoisotopic (exact) mass is 492 g/mol. The molecule has 2 aromatic rings. The van der Waals surface area contributed by atoms with Crippen LogP contribution in [0.1, 0.15) is 19.8 Å². The number of rotatable bonds is 7. The van der Waals surface area contributed by atoms with Crippen molar-refractivity contribution in [3.8, 4) is 0 Å². The largest absolute Gasteiger partial charge is 0.351 e. The Bertz CT molecular complexity index is 950. The molecule has 1 aliphatic heterocycles. The van der Waals surface area contributed by atoms with Gasteiger partial charge in [-0.3, -0.25) is 19.8 Å². The van der Waals surface area contributed by atoms with E-state index in [1.54, 1.807) is 43.3 Å². The summed E-state index contributed by atoms with van der Waals surface area (Å²) in [6.07, 6.45) is 2.79. The SMILES string of the molecule is CCN(C)CC(=O)N(C)C.NC1CCN(c2nc(Nc3ccc(Cl)cc3)ncc2[N+](=O)[O-])CC1. The first-order chi connectivity index (χ1) is 16.1. The number of carbonyl (C=O) groups is 1. The van der Waals surface area contributed by atoms with E-state index in [1.807, 2.05) is 23.8 Å². The Morgan fingerprint density at radius 3 is 2.41 bits per heavy atom. The Labute approximate surface area is 205 Å². The molecule has 3 rings (SSSR count). The molecule has 34 heavy (non-hydrogen) atoms. The zero-order chi connectivity index (χ0) is 25.3. The first kappa shape index (κ1) is 27.2. The molecular formula is C22H33ClN8O3. The van der Waals surface area contributed by atoms with Gasteiger partial charge in [0.25, 0.3) is 0 Å². The summed E-state index contributed by atoms with van der Waals surface area (Å²) in [6.45, 7) is 4.74. The minimum atomic E-state index is -0.462. The Morgan fingerprint density at radius 1 is 1.26 bits per heavy atom. The second-order valence-electron chi connectivity index (χ2n) is 8.23. The van der Waals surface area contributed by atoms with Crippen LogP contribution in [-0.2, 0) is 4.79 Å². The van der Waals surface area contributed by atoms with E-state index in [-0.39, 0.29) is 17.6 Å². The molecule has 11 nitrogen and oxygen atoms in total. The fraction of sp³-hybridized carbons (Fsp3) is 0.500. The number of carbonyl (C=O) groups excluding carboxylic acids is 1. The number of benzene rings is 1. The van der Waals surface area contributed by atoms with Crippen LogP contribution < -0.4 is 16.0 Å². The molecule has 0 bridgehead atoms. The van der Waals surface area contributed by atoms with Crippen molar-refractivity contribution in [1.82, 2.24) is 19.8 Å². The Kier molecular flexibility index (Phi) is 10.4. The zero-order valence-electron chi connectivity index (χ0n) is 20.1. The van der Waals surface area contributed by atoms with Gasteiger partial charge in [0, 0.05) is 43.9 Å². The van der Waals surface area contributed by atoms with E-state index in [1.165, 1.54) is 6.20 Å². The van der Waals surface area contributed by atoms with Crippen molar-refractivity contribution in [2.75, 3.05) is 57.5 Å². The van der Waals surface area contributed by atoms with E-state index in [4.69, 9.17) is 17.3 Å². The Morgan fingerprint density at radius 2 is 1.88 bits per heavy atom. The number of nitro groups is 1. The highest BCUT2D eigenvalue weighted by Crippen LogP contribution is 2.29. The fourth-order valence-electron chi connectivity index (χ4n) is 3.05. The number of piperidine rings is 1. The summed E-state index contributed by atoms with van der Waals surface area (Å²) in [6, 6.07) is 7.18. The molecule has 3 N–H and O–H groups in total. The quantitative estimate of drug-likeness (QED) is 0.441. The van der Waals surface area contributed by atoms with Gasteiger partial charge in [-0.2, -0.15) is 4.98 Å². The van der Waals surface area contributed by atoms with Gasteiger partial charge < -0.3 is 20.9 Å². The van der Waals surface area contributed by atoms with Crippen molar-refractivity contribution in [3.05, 3.63) is 45.6 Å². The van der Waals surface area contributed by atoms with E-state index >= 15 is 0 Å². The maximum atomic E-state index is 11.3. The molecule has 0 atom stereocenters. The lowest BCUT2D eigenvalue weighted by Crippen LogP contribution is -2.40. The lowest BCUT2D eigenvalue weighted by atomic mass is 10.1. The second kappa shape index (κ2) is 13.0. The maximum absolute atomic E-state index is 11.3. The highest BCUT2D eigenvalue weighted by molar-refractivity contribution is 6.30. The molecule has 0 saturated carbocycles. The lowest BCUT2D eigenvalue weighted by Gasteiger charge is -2.30. The van der Waals surface area contributed by atoms with Crippen molar-refractivity contribution in [3.63, 3.8) is 0 Å². The van der Waals surface area contributed by atoms with E-state index in [0.717, 1.165) is 25.1 Å². The number of halogens is 1. The Hall–Kier alpha value is -3.02. The van der Waals surface area contributed by atoms with Gasteiger partial charge in [-0.15, -0.1) is 0 Å². The number of nitrogens with zero attached hydrogens (tertiary/aromatic N) is 6. The molecule has 2 heterocycles. The molecule has 186 valence electrons. The van der Waals surface area contributed by atoms with Crippen LogP contribution in [0.5, 0.6) is 0 Å². The molecule has 0 spiro atoms. The standard InChI is InChI=1S/C15H17ClN6O2.C7H16N2O/c16-10-1-3-12(4-2-10)19-15-18-9-13(22(23)24)14(20-15)21-7-5-11(17)6-8-21;1-5-9(4)6-7(10)8(2)3/h1-4,9,11H,5-8,17H2,(H,18,19,20);5-6H2,1-4H3. The summed E-state index contributed by atoms with van der Waals surface area (Å²) in [5.41, 5.74) is 6.55. The maximum Gasteiger partial charge on any atom is 0.329 e. The van der Waals surface area contributed by atoms with E-state index in [9.17, 15) is 14.9 Å². The van der Waals surface area contributed by atoms with Crippen molar-refractivity contribution in [1.29, 1.82) is 0 Å². The molecule has 1 fully saturated rings. The van der Waals surface area contributed by atoms with Crippen LogP contribution in [0.15, 0.2) is 30.5 Å². The van der Waals surface area contributed by atoms with Crippen LogP contribution in [-0.4, -0.2) is 84.0 Å². The third kappa shape index (κ3) is 8.40. The summed E-state index contributed by atoms with van der Waals surface area (Å²) in [5, 5.41) is 14.9. The molecule has 1 saturated heterocycles. The minimum Gasteiger partial charge on any atom is -0.351 e. The Balaban J connectivity index is 0.000000347. The van der Waals surface area contributed by atoms with Crippen LogP contribution in [0.4, 0.5) is 23.1 Å². The van der Waals surface area contributed by atoms with E-state index < -0.39 is 4.92 Å². The topological polar surface area (TPSA) is 134 Å². The zero-order valence-corrected chi connectivity index (χ0v) is 20.8. The van der Waals surface area contributed by atoms with Gasteiger partial charge in [0.2, 0.25) is 17.7 Å². The van der Waals surface area contributed by atoms with Gasteiger partial charge >= 0.3 is 5.69 Å². The molecular weight excluding hydrogens is 460 g/mol. The fourth-order valence-corrected chi connectivity index (χ4v) is 3.17. The molecule has 1 aromatic heterocycles. The van der Waals surface area contributed by atoms with Gasteiger partial charge in [-0.05, 0) is 50.7 Å². The van der Waals surface area contributed by atoms with Crippen molar-refractivity contribution in [2.24, 2.45) is 5.73 Å².